The molecule has 0 radical (unpaired) electrons. The summed E-state index contributed by atoms with van der Waals surface area (Å²) in [5.41, 5.74) is 7.62. The third kappa shape index (κ3) is 1.57. The number of nitrogens with zero attached hydrogens (tertiary/aromatic N) is 3. The third-order valence-electron chi connectivity index (χ3n) is 2.43. The largest absolute Gasteiger partial charge is 0.482 e. The predicted molar refractivity (Wildman–Crippen MR) is 59.9 cm³/mol. The van der Waals surface area contributed by atoms with E-state index in [1.165, 1.54) is 17.3 Å². The van der Waals surface area contributed by atoms with E-state index < -0.39 is 0 Å². The van der Waals surface area contributed by atoms with Crippen molar-refractivity contribution in [3.63, 3.8) is 0 Å². The fourth-order valence-corrected chi connectivity index (χ4v) is 1.66. The van der Waals surface area contributed by atoms with Crippen molar-refractivity contribution in [2.75, 3.05) is 17.7 Å². The van der Waals surface area contributed by atoms with Crippen LogP contribution in [0.3, 0.4) is 0 Å². The zero-order valence-corrected chi connectivity index (χ0v) is 8.75. The van der Waals surface area contributed by atoms with Crippen molar-refractivity contribution in [1.29, 1.82) is 0 Å². The number of rotatable bonds is 1. The number of carbonyl (C=O) groups excluding carboxylic acids is 1. The molecule has 3 rings (SSSR count). The number of anilines is 2. The second-order valence-electron chi connectivity index (χ2n) is 3.58. The quantitative estimate of drug-likeness (QED) is 0.682. The topological polar surface area (TPSA) is 95.1 Å². The number of aromatic nitrogens is 3. The smallest absolute Gasteiger partial charge is 0.262 e. The Morgan fingerprint density at radius 2 is 2.35 bits per heavy atom. The molecular weight excluding hydrogens is 222 g/mol. The summed E-state index contributed by atoms with van der Waals surface area (Å²) in [6.45, 7) is 0.00904. The van der Waals surface area contributed by atoms with Crippen molar-refractivity contribution in [3.05, 3.63) is 24.8 Å². The fraction of sp³-hybridized carbons (Fsp3) is 0.100. The summed E-state index contributed by atoms with van der Waals surface area (Å²) in [7, 11) is 0. The minimum Gasteiger partial charge on any atom is -0.482 e. The molecule has 0 atom stereocenters. The Balaban J connectivity index is 2.12. The number of fused-ring (bicyclic) bond motifs is 1. The fourth-order valence-electron chi connectivity index (χ4n) is 1.66. The highest BCUT2D eigenvalue weighted by Gasteiger charge is 2.18. The minimum absolute atomic E-state index is 0.00904. The van der Waals surface area contributed by atoms with Crippen LogP contribution in [0.25, 0.3) is 5.69 Å². The normalized spacial score (nSPS) is 13.8. The lowest BCUT2D eigenvalue weighted by atomic mass is 10.2. The number of nitrogens with one attached hydrogen (secondary N) is 1. The summed E-state index contributed by atoms with van der Waals surface area (Å²) in [4.78, 5) is 15.1. The van der Waals surface area contributed by atoms with E-state index in [9.17, 15) is 4.79 Å². The van der Waals surface area contributed by atoms with E-state index in [0.717, 1.165) is 0 Å². The molecular formula is C10H9N5O2. The van der Waals surface area contributed by atoms with Gasteiger partial charge < -0.3 is 15.8 Å². The zero-order chi connectivity index (χ0) is 11.8. The lowest BCUT2D eigenvalue weighted by molar-refractivity contribution is -0.118. The number of nitrogen functional groups attached to an aromatic ring is 1. The SMILES string of the molecule is Nc1cc2c(cc1-n1cncn1)NC(=O)CO2. The molecule has 0 spiro atoms. The van der Waals surface area contributed by atoms with Crippen molar-refractivity contribution < 1.29 is 9.53 Å². The first-order chi connectivity index (χ1) is 8.24. The lowest BCUT2D eigenvalue weighted by Crippen LogP contribution is -2.25. The van der Waals surface area contributed by atoms with E-state index in [2.05, 4.69) is 15.4 Å². The number of benzene rings is 1. The molecule has 0 saturated carbocycles. The van der Waals surface area contributed by atoms with Crippen molar-refractivity contribution in [2.24, 2.45) is 0 Å². The molecule has 1 aromatic carbocycles. The molecule has 86 valence electrons. The Morgan fingerprint density at radius 3 is 3.12 bits per heavy atom. The van der Waals surface area contributed by atoms with Gasteiger partial charge in [0.15, 0.2) is 6.61 Å². The van der Waals surface area contributed by atoms with Gasteiger partial charge in [-0.3, -0.25) is 4.79 Å². The van der Waals surface area contributed by atoms with Crippen molar-refractivity contribution in [1.82, 2.24) is 14.8 Å². The number of carbonyl (C=O) groups is 1. The molecule has 1 aliphatic rings. The van der Waals surface area contributed by atoms with Crippen LogP contribution in [-0.4, -0.2) is 27.3 Å². The first-order valence-corrected chi connectivity index (χ1v) is 4.95. The van der Waals surface area contributed by atoms with Crippen LogP contribution >= 0.6 is 0 Å². The molecule has 3 N–H and O–H groups in total. The van der Waals surface area contributed by atoms with Gasteiger partial charge in [-0.2, -0.15) is 5.10 Å². The number of hydrogen-bond donors (Lipinski definition) is 2. The van der Waals surface area contributed by atoms with Crippen molar-refractivity contribution >= 4 is 17.3 Å². The number of ether oxygens (including phenoxy) is 1. The maximum absolute atomic E-state index is 11.2. The van der Waals surface area contributed by atoms with Crippen LogP contribution in [-0.2, 0) is 4.79 Å². The molecule has 0 fully saturated rings. The van der Waals surface area contributed by atoms with Gasteiger partial charge in [0.05, 0.1) is 17.1 Å². The highest BCUT2D eigenvalue weighted by molar-refractivity contribution is 5.96. The zero-order valence-electron chi connectivity index (χ0n) is 8.75. The minimum atomic E-state index is -0.188. The molecule has 2 heterocycles. The highest BCUT2D eigenvalue weighted by atomic mass is 16.5. The summed E-state index contributed by atoms with van der Waals surface area (Å²) in [5.74, 6) is 0.373. The summed E-state index contributed by atoms with van der Waals surface area (Å²) < 4.78 is 6.78. The van der Waals surface area contributed by atoms with Gasteiger partial charge in [0.25, 0.3) is 5.91 Å². The second kappa shape index (κ2) is 3.48. The summed E-state index contributed by atoms with van der Waals surface area (Å²) >= 11 is 0. The van der Waals surface area contributed by atoms with Crippen LogP contribution in [0.4, 0.5) is 11.4 Å². The summed E-state index contributed by atoms with van der Waals surface area (Å²) in [5, 5.41) is 6.70. The molecule has 1 amide bonds. The van der Waals surface area contributed by atoms with Crippen LogP contribution < -0.4 is 15.8 Å². The first-order valence-electron chi connectivity index (χ1n) is 4.95. The first kappa shape index (κ1) is 9.64. The second-order valence-corrected chi connectivity index (χ2v) is 3.58. The average Bonchev–Trinajstić information content (AvgIpc) is 2.82. The third-order valence-corrected chi connectivity index (χ3v) is 2.43. The molecule has 2 aromatic rings. The molecule has 0 aliphatic carbocycles. The Morgan fingerprint density at radius 1 is 1.47 bits per heavy atom. The number of nitrogens with two attached hydrogens (primary N) is 1. The molecule has 17 heavy (non-hydrogen) atoms. The highest BCUT2D eigenvalue weighted by Crippen LogP contribution is 2.33. The molecule has 0 bridgehead atoms. The Hall–Kier alpha value is -2.57. The Kier molecular flexibility index (Phi) is 1.97. The molecule has 0 unspecified atom stereocenters. The van der Waals surface area contributed by atoms with Gasteiger partial charge in [-0.25, -0.2) is 9.67 Å². The van der Waals surface area contributed by atoms with Crippen LogP contribution in [0, 0.1) is 0 Å². The van der Waals surface area contributed by atoms with Gasteiger partial charge in [-0.05, 0) is 6.07 Å². The lowest BCUT2D eigenvalue weighted by Gasteiger charge is -2.19. The van der Waals surface area contributed by atoms with E-state index in [1.54, 1.807) is 12.1 Å². The van der Waals surface area contributed by atoms with Gasteiger partial charge in [0.2, 0.25) is 0 Å². The molecule has 7 heteroatoms. The van der Waals surface area contributed by atoms with Crippen LogP contribution in [0.5, 0.6) is 5.75 Å². The van der Waals surface area contributed by atoms with Gasteiger partial charge >= 0.3 is 0 Å². The van der Waals surface area contributed by atoms with Crippen LogP contribution in [0.1, 0.15) is 0 Å². The van der Waals surface area contributed by atoms with E-state index in [0.29, 0.717) is 22.8 Å². The van der Waals surface area contributed by atoms with E-state index >= 15 is 0 Å². The van der Waals surface area contributed by atoms with E-state index in [4.69, 9.17) is 10.5 Å². The van der Waals surface area contributed by atoms with Gasteiger partial charge in [0, 0.05) is 6.07 Å². The maximum atomic E-state index is 11.2. The molecule has 0 saturated heterocycles. The summed E-state index contributed by atoms with van der Waals surface area (Å²) in [6, 6.07) is 3.36. The van der Waals surface area contributed by atoms with Crippen LogP contribution in [0.2, 0.25) is 0 Å². The number of hydrogen-bond acceptors (Lipinski definition) is 5. The predicted octanol–water partition coefficient (Wildman–Crippen LogP) is 0.180. The monoisotopic (exact) mass is 231 g/mol. The van der Waals surface area contributed by atoms with Crippen molar-refractivity contribution in [2.45, 2.75) is 0 Å². The van der Waals surface area contributed by atoms with Gasteiger partial charge in [-0.1, -0.05) is 0 Å². The van der Waals surface area contributed by atoms with Crippen LogP contribution in [0.15, 0.2) is 24.8 Å². The maximum Gasteiger partial charge on any atom is 0.262 e. The summed E-state index contributed by atoms with van der Waals surface area (Å²) in [6.07, 6.45) is 2.94. The van der Waals surface area contributed by atoms with Crippen molar-refractivity contribution in [3.8, 4) is 11.4 Å². The van der Waals surface area contributed by atoms with E-state index in [1.807, 2.05) is 0 Å². The Bertz CT molecular complexity index is 579. The van der Waals surface area contributed by atoms with Gasteiger partial charge in [0.1, 0.15) is 18.4 Å². The molecule has 1 aromatic heterocycles. The average molecular weight is 231 g/mol. The van der Waals surface area contributed by atoms with Gasteiger partial charge in [-0.15, -0.1) is 0 Å². The van der Waals surface area contributed by atoms with E-state index in [-0.39, 0.29) is 12.5 Å². The standard InChI is InChI=1S/C10H9N5O2/c11-6-1-9-7(14-10(16)3-17-9)2-8(6)15-5-12-4-13-15/h1-2,4-5H,3,11H2,(H,14,16). The molecule has 1 aliphatic heterocycles. The number of amides is 1. The molecule has 7 nitrogen and oxygen atoms in total. The Labute approximate surface area is 96.2 Å².